The minimum atomic E-state index is 0.336. The summed E-state index contributed by atoms with van der Waals surface area (Å²) in [6.45, 7) is 2.40. The van der Waals surface area contributed by atoms with E-state index in [4.69, 9.17) is 22.1 Å². The molecule has 2 N–H and O–H groups in total. The van der Waals surface area contributed by atoms with E-state index in [1.165, 1.54) is 0 Å². The molecular formula is C18H18ClN5O. The molecule has 0 saturated heterocycles. The number of aromatic nitrogens is 3. The molecule has 0 radical (unpaired) electrons. The number of fused-ring (bicyclic) bond motifs is 2. The Morgan fingerprint density at radius 3 is 3.00 bits per heavy atom. The van der Waals surface area contributed by atoms with Gasteiger partial charge in [0, 0.05) is 48.8 Å². The molecule has 128 valence electrons. The second kappa shape index (κ2) is 6.46. The van der Waals surface area contributed by atoms with Crippen LogP contribution in [0.1, 0.15) is 16.8 Å². The van der Waals surface area contributed by atoms with Gasteiger partial charge >= 0.3 is 0 Å². The van der Waals surface area contributed by atoms with Crippen LogP contribution in [0.25, 0.3) is 10.9 Å². The molecule has 0 amide bonds. The van der Waals surface area contributed by atoms with Crippen LogP contribution < -0.4 is 10.5 Å². The smallest absolute Gasteiger partial charge is 0.220 e. The van der Waals surface area contributed by atoms with Gasteiger partial charge in [0.15, 0.2) is 0 Å². The molecule has 0 atom stereocenters. The lowest BCUT2D eigenvalue weighted by Crippen LogP contribution is -2.31. The van der Waals surface area contributed by atoms with Crippen molar-refractivity contribution in [2.45, 2.75) is 19.5 Å². The second-order valence-electron chi connectivity index (χ2n) is 6.16. The summed E-state index contributed by atoms with van der Waals surface area (Å²) in [7, 11) is 1.66. The third-order valence-electron chi connectivity index (χ3n) is 4.47. The largest absolute Gasteiger partial charge is 0.497 e. The quantitative estimate of drug-likeness (QED) is 0.728. The highest BCUT2D eigenvalue weighted by Crippen LogP contribution is 2.26. The van der Waals surface area contributed by atoms with Crippen molar-refractivity contribution in [3.63, 3.8) is 0 Å². The van der Waals surface area contributed by atoms with Gasteiger partial charge in [0.1, 0.15) is 10.9 Å². The minimum Gasteiger partial charge on any atom is -0.497 e. The molecule has 7 heteroatoms. The number of halogens is 1. The third kappa shape index (κ3) is 3.23. The molecule has 0 bridgehead atoms. The number of nitrogen functional groups attached to an aromatic ring is 1. The van der Waals surface area contributed by atoms with Crippen LogP contribution in [-0.4, -0.2) is 33.5 Å². The maximum atomic E-state index is 6.41. The number of rotatable bonds is 3. The van der Waals surface area contributed by atoms with E-state index >= 15 is 0 Å². The van der Waals surface area contributed by atoms with Gasteiger partial charge in [0.25, 0.3) is 0 Å². The summed E-state index contributed by atoms with van der Waals surface area (Å²) >= 11 is 6.41. The first-order valence-corrected chi connectivity index (χ1v) is 8.46. The van der Waals surface area contributed by atoms with Gasteiger partial charge in [-0.15, -0.1) is 0 Å². The van der Waals surface area contributed by atoms with Crippen molar-refractivity contribution in [2.75, 3.05) is 19.4 Å². The van der Waals surface area contributed by atoms with Crippen LogP contribution >= 0.6 is 11.6 Å². The predicted octanol–water partition coefficient (Wildman–Crippen LogP) is 2.83. The molecule has 0 saturated carbocycles. The Bertz CT molecular complexity index is 946. The summed E-state index contributed by atoms with van der Waals surface area (Å²) in [4.78, 5) is 15.3. The molecule has 0 aliphatic carbocycles. The molecule has 6 nitrogen and oxygen atoms in total. The van der Waals surface area contributed by atoms with Crippen molar-refractivity contribution in [1.29, 1.82) is 0 Å². The zero-order chi connectivity index (χ0) is 17.4. The van der Waals surface area contributed by atoms with E-state index in [1.54, 1.807) is 7.11 Å². The molecule has 0 spiro atoms. The lowest BCUT2D eigenvalue weighted by molar-refractivity contribution is 0.243. The summed E-state index contributed by atoms with van der Waals surface area (Å²) in [5, 5.41) is 1.56. The number of nitrogens with zero attached hydrogens (tertiary/aromatic N) is 4. The van der Waals surface area contributed by atoms with Crippen LogP contribution in [0.5, 0.6) is 5.75 Å². The van der Waals surface area contributed by atoms with E-state index in [-0.39, 0.29) is 0 Å². The van der Waals surface area contributed by atoms with Gasteiger partial charge in [0.05, 0.1) is 18.3 Å². The van der Waals surface area contributed by atoms with Gasteiger partial charge in [-0.1, -0.05) is 11.6 Å². The van der Waals surface area contributed by atoms with E-state index in [2.05, 4.69) is 25.9 Å². The maximum Gasteiger partial charge on any atom is 0.220 e. The maximum absolute atomic E-state index is 6.41. The Morgan fingerprint density at radius 1 is 1.28 bits per heavy atom. The fraction of sp³-hybridized carbons (Fsp3) is 0.278. The SMILES string of the molecule is COc1ccc2nc(Cl)c(CN3CCc4nc(N)ncc4C3)cc2c1. The van der Waals surface area contributed by atoms with Crippen LogP contribution in [-0.2, 0) is 19.5 Å². The van der Waals surface area contributed by atoms with Crippen LogP contribution in [0.3, 0.4) is 0 Å². The molecular weight excluding hydrogens is 338 g/mol. The van der Waals surface area contributed by atoms with Crippen molar-refractivity contribution >= 4 is 28.5 Å². The van der Waals surface area contributed by atoms with Gasteiger partial charge in [-0.05, 0) is 24.3 Å². The third-order valence-corrected chi connectivity index (χ3v) is 4.80. The van der Waals surface area contributed by atoms with Crippen molar-refractivity contribution in [3.05, 3.63) is 52.4 Å². The van der Waals surface area contributed by atoms with Crippen molar-refractivity contribution in [3.8, 4) is 5.75 Å². The minimum absolute atomic E-state index is 0.336. The number of nitrogens with two attached hydrogens (primary N) is 1. The molecule has 0 unspecified atom stereocenters. The van der Waals surface area contributed by atoms with Gasteiger partial charge in [-0.2, -0.15) is 0 Å². The number of benzene rings is 1. The number of anilines is 1. The fourth-order valence-electron chi connectivity index (χ4n) is 3.18. The van der Waals surface area contributed by atoms with Crippen molar-refractivity contribution < 1.29 is 4.74 Å². The average Bonchev–Trinajstić information content (AvgIpc) is 2.62. The monoisotopic (exact) mass is 355 g/mol. The molecule has 3 heterocycles. The molecule has 3 aromatic rings. The van der Waals surface area contributed by atoms with Crippen molar-refractivity contribution in [2.24, 2.45) is 0 Å². The first-order chi connectivity index (χ1) is 12.1. The molecule has 1 aromatic carbocycles. The van der Waals surface area contributed by atoms with E-state index in [1.807, 2.05) is 24.4 Å². The fourth-order valence-corrected chi connectivity index (χ4v) is 3.38. The zero-order valence-electron chi connectivity index (χ0n) is 13.9. The lowest BCUT2D eigenvalue weighted by atomic mass is 10.1. The van der Waals surface area contributed by atoms with Gasteiger partial charge < -0.3 is 10.5 Å². The standard InChI is InChI=1S/C18H18ClN5O/c1-25-14-2-3-15-11(7-14)6-12(17(19)22-15)9-24-5-4-16-13(10-24)8-21-18(20)23-16/h2-3,6-8H,4-5,9-10H2,1H3,(H2,20,21,23). The number of ether oxygens (including phenoxy) is 1. The Morgan fingerprint density at radius 2 is 2.16 bits per heavy atom. The van der Waals surface area contributed by atoms with E-state index < -0.39 is 0 Å². The highest BCUT2D eigenvalue weighted by Gasteiger charge is 2.19. The number of hydrogen-bond acceptors (Lipinski definition) is 6. The molecule has 1 aliphatic heterocycles. The average molecular weight is 356 g/mol. The summed E-state index contributed by atoms with van der Waals surface area (Å²) < 4.78 is 5.30. The highest BCUT2D eigenvalue weighted by molar-refractivity contribution is 6.30. The first kappa shape index (κ1) is 16.1. The van der Waals surface area contributed by atoms with Gasteiger partial charge in [0.2, 0.25) is 5.95 Å². The first-order valence-electron chi connectivity index (χ1n) is 8.08. The molecule has 25 heavy (non-hydrogen) atoms. The second-order valence-corrected chi connectivity index (χ2v) is 6.52. The number of methoxy groups -OCH3 is 1. The molecule has 1 aliphatic rings. The summed E-state index contributed by atoms with van der Waals surface area (Å²) in [5.74, 6) is 1.15. The lowest BCUT2D eigenvalue weighted by Gasteiger charge is -2.28. The Balaban J connectivity index is 1.60. The van der Waals surface area contributed by atoms with Crippen LogP contribution in [0, 0.1) is 0 Å². The Labute approximate surface area is 150 Å². The molecule has 2 aromatic heterocycles. The van der Waals surface area contributed by atoms with Crippen molar-refractivity contribution in [1.82, 2.24) is 19.9 Å². The van der Waals surface area contributed by atoms with E-state index in [9.17, 15) is 0 Å². The zero-order valence-corrected chi connectivity index (χ0v) is 14.6. The number of pyridine rings is 1. The topological polar surface area (TPSA) is 77.2 Å². The Hall–Kier alpha value is -2.44. The van der Waals surface area contributed by atoms with Gasteiger partial charge in [-0.25, -0.2) is 15.0 Å². The van der Waals surface area contributed by atoms with Crippen LogP contribution in [0.15, 0.2) is 30.5 Å². The van der Waals surface area contributed by atoms with E-state index in [0.717, 1.165) is 59.5 Å². The van der Waals surface area contributed by atoms with E-state index in [0.29, 0.717) is 11.1 Å². The normalized spacial score (nSPS) is 14.5. The van der Waals surface area contributed by atoms with Crippen LogP contribution in [0.4, 0.5) is 5.95 Å². The highest BCUT2D eigenvalue weighted by atomic mass is 35.5. The predicted molar refractivity (Wildman–Crippen MR) is 97.6 cm³/mol. The summed E-state index contributed by atoms with van der Waals surface area (Å²) in [5.41, 5.74) is 9.69. The number of hydrogen-bond donors (Lipinski definition) is 1. The van der Waals surface area contributed by atoms with Crippen LogP contribution in [0.2, 0.25) is 5.15 Å². The molecule has 4 rings (SSSR count). The Kier molecular flexibility index (Phi) is 4.15. The molecule has 0 fully saturated rings. The van der Waals surface area contributed by atoms with Gasteiger partial charge in [-0.3, -0.25) is 4.90 Å². The summed E-state index contributed by atoms with van der Waals surface area (Å²) in [6.07, 6.45) is 2.67. The summed E-state index contributed by atoms with van der Waals surface area (Å²) in [6, 6.07) is 7.87.